The van der Waals surface area contributed by atoms with Gasteiger partial charge in [-0.3, -0.25) is 0 Å². The maximum Gasteiger partial charge on any atom is 0.410 e. The van der Waals surface area contributed by atoms with Gasteiger partial charge >= 0.3 is 6.09 Å². The molecule has 0 bridgehead atoms. The highest BCUT2D eigenvalue weighted by Gasteiger charge is 2.35. The zero-order chi connectivity index (χ0) is 19.0. The maximum absolute atomic E-state index is 12.8. The van der Waals surface area contributed by atoms with Crippen molar-refractivity contribution in [2.24, 2.45) is 0 Å². The summed E-state index contributed by atoms with van der Waals surface area (Å²) in [6.07, 6.45) is -0.491. The molecule has 140 valence electrons. The molecular weight excluding hydrogens is 370 g/mol. The minimum Gasteiger partial charge on any atom is -0.504 e. The fourth-order valence-corrected chi connectivity index (χ4v) is 4.40. The lowest BCUT2D eigenvalue weighted by molar-refractivity contribution is 0.0192. The predicted octanol–water partition coefficient (Wildman–Crippen LogP) is 1.87. The Morgan fingerprint density at radius 2 is 1.80 bits per heavy atom. The molecule has 0 radical (unpaired) electrons. The Bertz CT molecular complexity index is 768. The monoisotopic (exact) mass is 391 g/mol. The summed E-state index contributed by atoms with van der Waals surface area (Å²) < 4.78 is 32.0. The van der Waals surface area contributed by atoms with Crippen molar-refractivity contribution in [1.82, 2.24) is 9.21 Å². The van der Waals surface area contributed by atoms with Crippen molar-refractivity contribution in [3.63, 3.8) is 0 Å². The first-order valence-electron chi connectivity index (χ1n) is 7.68. The normalized spacial score (nSPS) is 16.7. The van der Waals surface area contributed by atoms with Crippen LogP contribution in [0.25, 0.3) is 0 Å². The number of nitrogens with zero attached hydrogens (tertiary/aromatic N) is 2. The van der Waals surface area contributed by atoms with E-state index in [1.807, 2.05) is 0 Å². The minimum atomic E-state index is -4.04. The number of hydrogen-bond acceptors (Lipinski definition) is 6. The van der Waals surface area contributed by atoms with Crippen LogP contribution in [0.5, 0.6) is 5.75 Å². The van der Waals surface area contributed by atoms with Crippen molar-refractivity contribution in [2.75, 3.05) is 31.9 Å². The third-order valence-corrected chi connectivity index (χ3v) is 6.00. The number of rotatable bonds is 2. The number of piperazine rings is 1. The number of phenolic OH excluding ortho intramolecular Hbond substituents is 1. The van der Waals surface area contributed by atoms with Gasteiger partial charge in [-0.15, -0.1) is 0 Å². The number of ether oxygens (including phenoxy) is 1. The molecule has 8 nitrogen and oxygen atoms in total. The molecule has 3 N–H and O–H groups in total. The summed E-state index contributed by atoms with van der Waals surface area (Å²) in [7, 11) is -4.04. The third kappa shape index (κ3) is 4.28. The van der Waals surface area contributed by atoms with E-state index in [4.69, 9.17) is 22.1 Å². The van der Waals surface area contributed by atoms with Crippen LogP contribution in [0.3, 0.4) is 0 Å². The molecular formula is C15H22ClN3O5S. The number of aromatic hydroxyl groups is 1. The van der Waals surface area contributed by atoms with Gasteiger partial charge in [-0.2, -0.15) is 4.31 Å². The molecule has 1 aliphatic heterocycles. The molecule has 0 aliphatic carbocycles. The van der Waals surface area contributed by atoms with Crippen molar-refractivity contribution < 1.29 is 23.1 Å². The number of anilines is 1. The van der Waals surface area contributed by atoms with Crippen LogP contribution in [0.15, 0.2) is 17.0 Å². The highest BCUT2D eigenvalue weighted by Crippen LogP contribution is 2.37. The van der Waals surface area contributed by atoms with E-state index in [1.165, 1.54) is 17.0 Å². The van der Waals surface area contributed by atoms with E-state index in [2.05, 4.69) is 0 Å². The summed E-state index contributed by atoms with van der Waals surface area (Å²) in [6, 6.07) is 2.65. The number of amides is 1. The lowest BCUT2D eigenvalue weighted by Gasteiger charge is -2.35. The van der Waals surface area contributed by atoms with Crippen LogP contribution in [-0.2, 0) is 14.8 Å². The number of carbonyl (C=O) groups is 1. The van der Waals surface area contributed by atoms with Crippen molar-refractivity contribution in [3.05, 3.63) is 17.2 Å². The molecule has 25 heavy (non-hydrogen) atoms. The number of halogens is 1. The SMILES string of the molecule is CC(C)(C)OC(=O)N1CCN(S(=O)(=O)c2c(Cl)ccc(N)c2O)CC1. The van der Waals surface area contributed by atoms with Crippen LogP contribution in [0.1, 0.15) is 20.8 Å². The largest absolute Gasteiger partial charge is 0.504 e. The number of carbonyl (C=O) groups excluding carboxylic acids is 1. The molecule has 1 aliphatic rings. The molecule has 0 saturated carbocycles. The second kappa shape index (κ2) is 6.89. The minimum absolute atomic E-state index is 0.0617. The van der Waals surface area contributed by atoms with Gasteiger partial charge in [0.15, 0.2) is 5.75 Å². The van der Waals surface area contributed by atoms with E-state index in [9.17, 15) is 18.3 Å². The standard InChI is InChI=1S/C15H22ClN3O5S/c1-15(2,3)24-14(21)18-6-8-19(9-7-18)25(22,23)13-10(16)4-5-11(17)12(13)20/h4-5,20H,6-9,17H2,1-3H3. The molecule has 0 unspecified atom stereocenters. The zero-order valence-electron chi connectivity index (χ0n) is 14.3. The van der Waals surface area contributed by atoms with Gasteiger partial charge in [-0.05, 0) is 32.9 Å². The van der Waals surface area contributed by atoms with Gasteiger partial charge in [0.25, 0.3) is 0 Å². The molecule has 1 aromatic rings. The van der Waals surface area contributed by atoms with E-state index in [0.717, 1.165) is 4.31 Å². The van der Waals surface area contributed by atoms with E-state index in [1.54, 1.807) is 20.8 Å². The number of benzene rings is 1. The fraction of sp³-hybridized carbons (Fsp3) is 0.533. The van der Waals surface area contributed by atoms with Crippen molar-refractivity contribution in [3.8, 4) is 5.75 Å². The fourth-order valence-electron chi connectivity index (χ4n) is 2.37. The average molecular weight is 392 g/mol. The number of phenols is 1. The van der Waals surface area contributed by atoms with Gasteiger partial charge in [0, 0.05) is 26.2 Å². The van der Waals surface area contributed by atoms with E-state index < -0.39 is 32.4 Å². The molecule has 1 heterocycles. The summed E-state index contributed by atoms with van der Waals surface area (Å²) in [5.74, 6) is -0.568. The van der Waals surface area contributed by atoms with Crippen molar-refractivity contribution in [1.29, 1.82) is 0 Å². The zero-order valence-corrected chi connectivity index (χ0v) is 15.9. The Morgan fingerprint density at radius 1 is 1.24 bits per heavy atom. The Hall–Kier alpha value is -1.71. The predicted molar refractivity (Wildman–Crippen MR) is 94.1 cm³/mol. The topological polar surface area (TPSA) is 113 Å². The molecule has 10 heteroatoms. The number of hydrogen-bond donors (Lipinski definition) is 2. The molecule has 2 rings (SSSR count). The Balaban J connectivity index is 2.15. The Morgan fingerprint density at radius 3 is 2.32 bits per heavy atom. The van der Waals surface area contributed by atoms with E-state index in [-0.39, 0.29) is 36.9 Å². The van der Waals surface area contributed by atoms with Gasteiger partial charge in [0.1, 0.15) is 10.5 Å². The van der Waals surface area contributed by atoms with Crippen LogP contribution in [-0.4, -0.2) is 60.6 Å². The summed E-state index contributed by atoms with van der Waals surface area (Å²) >= 11 is 5.95. The molecule has 1 amide bonds. The summed E-state index contributed by atoms with van der Waals surface area (Å²) in [5.41, 5.74) is 4.88. The van der Waals surface area contributed by atoms with Crippen LogP contribution >= 0.6 is 11.6 Å². The summed E-state index contributed by atoms with van der Waals surface area (Å²) in [6.45, 7) is 5.75. The second-order valence-corrected chi connectivity index (χ2v) is 8.97. The summed E-state index contributed by atoms with van der Waals surface area (Å²) in [5, 5.41) is 9.90. The lowest BCUT2D eigenvalue weighted by atomic mass is 10.2. The number of sulfonamides is 1. The highest BCUT2D eigenvalue weighted by atomic mass is 35.5. The first-order valence-corrected chi connectivity index (χ1v) is 9.50. The Kier molecular flexibility index (Phi) is 5.41. The molecule has 0 spiro atoms. The number of nitrogens with two attached hydrogens (primary N) is 1. The average Bonchev–Trinajstić information content (AvgIpc) is 2.49. The molecule has 1 fully saturated rings. The Labute approximate surface area is 152 Å². The molecule has 1 aromatic carbocycles. The first kappa shape index (κ1) is 19.6. The van der Waals surface area contributed by atoms with Crippen LogP contribution in [0.4, 0.5) is 10.5 Å². The van der Waals surface area contributed by atoms with Gasteiger partial charge in [0.05, 0.1) is 10.7 Å². The quantitative estimate of drug-likeness (QED) is 0.587. The van der Waals surface area contributed by atoms with Gasteiger partial charge in [-0.1, -0.05) is 11.6 Å². The number of nitrogen functional groups attached to an aromatic ring is 1. The summed E-state index contributed by atoms with van der Waals surface area (Å²) in [4.78, 5) is 13.1. The van der Waals surface area contributed by atoms with E-state index >= 15 is 0 Å². The van der Waals surface area contributed by atoms with Gasteiger partial charge in [0.2, 0.25) is 10.0 Å². The third-order valence-electron chi connectivity index (χ3n) is 3.60. The highest BCUT2D eigenvalue weighted by molar-refractivity contribution is 7.89. The van der Waals surface area contributed by atoms with E-state index in [0.29, 0.717) is 0 Å². The van der Waals surface area contributed by atoms with Crippen LogP contribution in [0, 0.1) is 0 Å². The first-order chi connectivity index (χ1) is 11.4. The van der Waals surface area contributed by atoms with Crippen LogP contribution in [0.2, 0.25) is 5.02 Å². The van der Waals surface area contributed by atoms with Gasteiger partial charge in [-0.25, -0.2) is 13.2 Å². The smallest absolute Gasteiger partial charge is 0.410 e. The maximum atomic E-state index is 12.8. The van der Waals surface area contributed by atoms with Crippen LogP contribution < -0.4 is 5.73 Å². The van der Waals surface area contributed by atoms with Crippen molar-refractivity contribution in [2.45, 2.75) is 31.3 Å². The second-order valence-electron chi connectivity index (χ2n) is 6.69. The van der Waals surface area contributed by atoms with Gasteiger partial charge < -0.3 is 20.5 Å². The molecule has 1 saturated heterocycles. The van der Waals surface area contributed by atoms with Crippen molar-refractivity contribution >= 4 is 33.4 Å². The molecule has 0 atom stereocenters. The lowest BCUT2D eigenvalue weighted by Crippen LogP contribution is -2.51. The molecule has 0 aromatic heterocycles.